The first-order valence-electron chi connectivity index (χ1n) is 10.9. The monoisotopic (exact) mass is 454 g/mol. The molecule has 6 nitrogen and oxygen atoms in total. The number of hydrogen-bond acceptors (Lipinski definition) is 6. The Morgan fingerprint density at radius 2 is 1.00 bits per heavy atom. The molecule has 4 rings (SSSR count). The highest BCUT2D eigenvalue weighted by atomic mass is 15.1. The van der Waals surface area contributed by atoms with Crippen molar-refractivity contribution in [3.05, 3.63) is 107 Å². The minimum absolute atomic E-state index is 0.765. The Kier molecular flexibility index (Phi) is 9.65. The molecule has 0 aliphatic rings. The highest BCUT2D eigenvalue weighted by Gasteiger charge is 1.97. The van der Waals surface area contributed by atoms with Crippen LogP contribution in [0.25, 0.3) is 0 Å². The lowest BCUT2D eigenvalue weighted by atomic mass is 10.2. The van der Waals surface area contributed by atoms with Crippen LogP contribution >= 0.6 is 0 Å². The minimum atomic E-state index is 0.765. The van der Waals surface area contributed by atoms with Gasteiger partial charge in [0.15, 0.2) is 0 Å². The topological polar surface area (TPSA) is 129 Å². The Labute approximate surface area is 202 Å². The SMILES string of the molecule is Cc1cc(N)ccc1N.Cc1cc(N=Nc2ccccc2C)ccc1N.Cc1ccccc1N. The van der Waals surface area contributed by atoms with Crippen molar-refractivity contribution in [2.45, 2.75) is 27.7 Å². The smallest absolute Gasteiger partial charge is 0.0886 e. The molecule has 4 aromatic rings. The van der Waals surface area contributed by atoms with Crippen molar-refractivity contribution in [1.29, 1.82) is 0 Å². The molecule has 6 heteroatoms. The minimum Gasteiger partial charge on any atom is -0.399 e. The molecule has 0 saturated heterocycles. The molecule has 0 unspecified atom stereocenters. The maximum Gasteiger partial charge on any atom is 0.0886 e. The zero-order valence-electron chi connectivity index (χ0n) is 20.3. The molecule has 0 radical (unpaired) electrons. The van der Waals surface area contributed by atoms with E-state index in [4.69, 9.17) is 22.9 Å². The number of benzene rings is 4. The summed E-state index contributed by atoms with van der Waals surface area (Å²) in [7, 11) is 0. The molecule has 0 fully saturated rings. The number of hydrogen-bond donors (Lipinski definition) is 4. The van der Waals surface area contributed by atoms with Crippen molar-refractivity contribution in [1.82, 2.24) is 0 Å². The van der Waals surface area contributed by atoms with Crippen molar-refractivity contribution < 1.29 is 0 Å². The molecule has 0 bridgehead atoms. The van der Waals surface area contributed by atoms with E-state index in [2.05, 4.69) is 10.2 Å². The van der Waals surface area contributed by atoms with Crippen LogP contribution < -0.4 is 22.9 Å². The van der Waals surface area contributed by atoms with Crippen LogP contribution in [-0.4, -0.2) is 0 Å². The summed E-state index contributed by atoms with van der Waals surface area (Å²) in [6, 6.07) is 26.8. The summed E-state index contributed by atoms with van der Waals surface area (Å²) in [5.41, 5.74) is 31.5. The number of azo groups is 1. The highest BCUT2D eigenvalue weighted by Crippen LogP contribution is 2.23. The van der Waals surface area contributed by atoms with E-state index in [0.717, 1.165) is 56.4 Å². The molecular weight excluding hydrogens is 420 g/mol. The number of para-hydroxylation sites is 1. The number of rotatable bonds is 2. The van der Waals surface area contributed by atoms with Gasteiger partial charge in [0.25, 0.3) is 0 Å². The van der Waals surface area contributed by atoms with E-state index in [1.54, 1.807) is 6.07 Å². The van der Waals surface area contributed by atoms with Crippen molar-refractivity contribution in [3.8, 4) is 0 Å². The summed E-state index contributed by atoms with van der Waals surface area (Å²) >= 11 is 0. The standard InChI is InChI=1S/C14H15N3.C7H10N2.C7H9N/c1-10-5-3-4-6-14(10)17-16-12-7-8-13(15)11(2)9-12;1-5-4-6(8)2-3-7(5)9;1-6-4-2-3-5-7(6)8/h3-9H,15H2,1-2H3;2-4H,8-9H2,1H3;2-5H,8H2,1H3. The third kappa shape index (κ3) is 8.31. The maximum absolute atomic E-state index is 5.75. The number of anilines is 4. The van der Waals surface area contributed by atoms with Gasteiger partial charge in [-0.15, -0.1) is 0 Å². The quantitative estimate of drug-likeness (QED) is 0.191. The molecule has 0 aliphatic heterocycles. The summed E-state index contributed by atoms with van der Waals surface area (Å²) in [6.45, 7) is 7.91. The van der Waals surface area contributed by atoms with Gasteiger partial charge in [-0.1, -0.05) is 36.4 Å². The summed E-state index contributed by atoms with van der Waals surface area (Å²) in [5, 5.41) is 8.44. The first-order valence-corrected chi connectivity index (χ1v) is 10.9. The predicted molar refractivity (Wildman–Crippen MR) is 147 cm³/mol. The fraction of sp³-hybridized carbons (Fsp3) is 0.143. The predicted octanol–water partition coefficient (Wildman–Crippen LogP) is 7.04. The molecule has 0 aliphatic carbocycles. The Balaban J connectivity index is 0.000000201. The molecule has 0 aromatic heterocycles. The van der Waals surface area contributed by atoms with Crippen LogP contribution in [0.1, 0.15) is 22.3 Å². The van der Waals surface area contributed by atoms with Crippen LogP contribution in [0.2, 0.25) is 0 Å². The third-order valence-corrected chi connectivity index (χ3v) is 5.12. The molecule has 0 heterocycles. The lowest BCUT2D eigenvalue weighted by molar-refractivity contribution is 1.20. The molecule has 176 valence electrons. The van der Waals surface area contributed by atoms with E-state index >= 15 is 0 Å². The van der Waals surface area contributed by atoms with Crippen molar-refractivity contribution in [2.24, 2.45) is 10.2 Å². The van der Waals surface area contributed by atoms with Gasteiger partial charge in [0.2, 0.25) is 0 Å². The third-order valence-electron chi connectivity index (χ3n) is 5.12. The highest BCUT2D eigenvalue weighted by molar-refractivity contribution is 5.55. The summed E-state index contributed by atoms with van der Waals surface area (Å²) in [6.07, 6.45) is 0. The second-order valence-electron chi connectivity index (χ2n) is 8.00. The largest absolute Gasteiger partial charge is 0.399 e. The van der Waals surface area contributed by atoms with E-state index in [1.807, 2.05) is 107 Å². The Bertz CT molecular complexity index is 1230. The lowest BCUT2D eigenvalue weighted by Crippen LogP contribution is -1.91. The van der Waals surface area contributed by atoms with Crippen molar-refractivity contribution in [2.75, 3.05) is 22.9 Å². The van der Waals surface area contributed by atoms with Gasteiger partial charge in [-0.25, -0.2) is 0 Å². The molecule has 0 spiro atoms. The Morgan fingerprint density at radius 3 is 1.50 bits per heavy atom. The van der Waals surface area contributed by atoms with Crippen LogP contribution in [0, 0.1) is 27.7 Å². The Morgan fingerprint density at radius 1 is 0.471 bits per heavy atom. The van der Waals surface area contributed by atoms with Gasteiger partial charge in [0.05, 0.1) is 11.4 Å². The molecule has 0 saturated carbocycles. The zero-order valence-corrected chi connectivity index (χ0v) is 20.3. The number of nitrogens with two attached hydrogens (primary N) is 4. The fourth-order valence-electron chi connectivity index (χ4n) is 2.79. The van der Waals surface area contributed by atoms with Gasteiger partial charge >= 0.3 is 0 Å². The van der Waals surface area contributed by atoms with Gasteiger partial charge in [-0.3, -0.25) is 0 Å². The lowest BCUT2D eigenvalue weighted by Gasteiger charge is -2.00. The average Bonchev–Trinajstić information content (AvgIpc) is 2.81. The Hall–Kier alpha value is -4.32. The average molecular weight is 455 g/mol. The van der Waals surface area contributed by atoms with Crippen LogP contribution in [0.15, 0.2) is 95.2 Å². The summed E-state index contributed by atoms with van der Waals surface area (Å²) < 4.78 is 0. The first kappa shape index (κ1) is 25.9. The molecule has 0 amide bonds. The second kappa shape index (κ2) is 12.6. The van der Waals surface area contributed by atoms with E-state index in [1.165, 1.54) is 0 Å². The van der Waals surface area contributed by atoms with Crippen molar-refractivity contribution >= 4 is 34.1 Å². The normalized spacial score (nSPS) is 10.1. The van der Waals surface area contributed by atoms with Gasteiger partial charge in [0, 0.05) is 22.7 Å². The van der Waals surface area contributed by atoms with Crippen molar-refractivity contribution in [3.63, 3.8) is 0 Å². The van der Waals surface area contributed by atoms with E-state index in [9.17, 15) is 0 Å². The van der Waals surface area contributed by atoms with Crippen LogP contribution in [0.3, 0.4) is 0 Å². The van der Waals surface area contributed by atoms with Gasteiger partial charge in [0.1, 0.15) is 0 Å². The molecule has 34 heavy (non-hydrogen) atoms. The van der Waals surface area contributed by atoms with E-state index in [-0.39, 0.29) is 0 Å². The van der Waals surface area contributed by atoms with E-state index in [0.29, 0.717) is 0 Å². The number of aryl methyl sites for hydroxylation is 4. The molecular formula is C28H34N6. The number of nitrogens with zero attached hydrogens (tertiary/aromatic N) is 2. The van der Waals surface area contributed by atoms with Gasteiger partial charge < -0.3 is 22.9 Å². The molecule has 8 N–H and O–H groups in total. The second-order valence-corrected chi connectivity index (χ2v) is 8.00. The molecule has 0 atom stereocenters. The van der Waals surface area contributed by atoms with Gasteiger partial charge in [-0.05, 0) is 98.5 Å². The summed E-state index contributed by atoms with van der Waals surface area (Å²) in [5.74, 6) is 0. The van der Waals surface area contributed by atoms with Crippen LogP contribution in [-0.2, 0) is 0 Å². The fourth-order valence-corrected chi connectivity index (χ4v) is 2.79. The zero-order chi connectivity index (χ0) is 25.1. The van der Waals surface area contributed by atoms with E-state index < -0.39 is 0 Å². The van der Waals surface area contributed by atoms with Crippen LogP contribution in [0.5, 0.6) is 0 Å². The first-order chi connectivity index (χ1) is 16.2. The maximum atomic E-state index is 5.75. The summed E-state index contributed by atoms with van der Waals surface area (Å²) in [4.78, 5) is 0. The number of nitrogen functional groups attached to an aromatic ring is 4. The van der Waals surface area contributed by atoms with Crippen LogP contribution in [0.4, 0.5) is 34.1 Å². The molecule has 4 aromatic carbocycles. The van der Waals surface area contributed by atoms with Gasteiger partial charge in [-0.2, -0.15) is 10.2 Å².